The molecule has 7 heteroatoms. The normalized spacial score (nSPS) is 19.6. The molecule has 0 saturated carbocycles. The monoisotopic (exact) mass is 376 g/mol. The summed E-state index contributed by atoms with van der Waals surface area (Å²) in [6.45, 7) is 1.74. The molecule has 0 aromatic heterocycles. The van der Waals surface area contributed by atoms with Crippen molar-refractivity contribution in [1.29, 1.82) is 0 Å². The molecule has 26 heavy (non-hydrogen) atoms. The Balaban J connectivity index is 1.96. The van der Waals surface area contributed by atoms with Crippen LogP contribution in [0, 0.1) is 5.82 Å². The summed E-state index contributed by atoms with van der Waals surface area (Å²) in [4.78, 5) is 26.7. The minimum atomic E-state index is -1.16. The van der Waals surface area contributed by atoms with Crippen LogP contribution in [0.5, 0.6) is 5.75 Å². The maximum Gasteiger partial charge on any atom is 0.325 e. The number of carbonyl (C=O) groups excluding carboxylic acids is 2. The molecular weight excluding hydrogens is 359 g/mol. The summed E-state index contributed by atoms with van der Waals surface area (Å²) in [5.74, 6) is -0.446. The van der Waals surface area contributed by atoms with Crippen molar-refractivity contribution in [3.8, 4) is 5.75 Å². The fraction of sp³-hybridized carbons (Fsp3) is 0.263. The predicted molar refractivity (Wildman–Crippen MR) is 95.5 cm³/mol. The van der Waals surface area contributed by atoms with Crippen LogP contribution in [0.3, 0.4) is 0 Å². The molecule has 0 aliphatic carbocycles. The van der Waals surface area contributed by atoms with Gasteiger partial charge >= 0.3 is 6.03 Å². The molecular formula is C19H18ClFN2O3. The van der Waals surface area contributed by atoms with Crippen molar-refractivity contribution in [1.82, 2.24) is 10.2 Å². The van der Waals surface area contributed by atoms with Crippen LogP contribution in [0.25, 0.3) is 0 Å². The Hall–Kier alpha value is -2.60. The molecule has 1 saturated heterocycles. The van der Waals surface area contributed by atoms with Crippen LogP contribution in [-0.2, 0) is 16.9 Å². The molecule has 1 aliphatic rings. The third-order valence-electron chi connectivity index (χ3n) is 4.61. The van der Waals surface area contributed by atoms with Gasteiger partial charge in [-0.15, -0.1) is 0 Å². The van der Waals surface area contributed by atoms with Gasteiger partial charge in [0.2, 0.25) is 0 Å². The molecule has 1 heterocycles. The molecule has 1 atom stereocenters. The number of hydrogen-bond acceptors (Lipinski definition) is 3. The van der Waals surface area contributed by atoms with E-state index in [-0.39, 0.29) is 6.54 Å². The minimum absolute atomic E-state index is 0.0824. The number of nitrogens with one attached hydrogen (secondary N) is 1. The summed E-state index contributed by atoms with van der Waals surface area (Å²) in [6, 6.07) is 10.2. The Kier molecular flexibility index (Phi) is 4.87. The number of methoxy groups -OCH3 is 1. The number of benzene rings is 2. The molecule has 5 nitrogen and oxygen atoms in total. The van der Waals surface area contributed by atoms with Gasteiger partial charge in [0.15, 0.2) is 0 Å². The first-order chi connectivity index (χ1) is 12.4. The second kappa shape index (κ2) is 6.96. The summed E-state index contributed by atoms with van der Waals surface area (Å²) in [7, 11) is 1.45. The molecule has 3 rings (SSSR count). The summed E-state index contributed by atoms with van der Waals surface area (Å²) < 4.78 is 18.8. The van der Waals surface area contributed by atoms with Gasteiger partial charge in [0.05, 0.1) is 13.7 Å². The highest BCUT2D eigenvalue weighted by Gasteiger charge is 2.51. The third kappa shape index (κ3) is 3.01. The molecule has 1 fully saturated rings. The summed E-state index contributed by atoms with van der Waals surface area (Å²) >= 11 is 5.92. The van der Waals surface area contributed by atoms with Gasteiger partial charge in [0.1, 0.15) is 17.1 Å². The standard InChI is InChI=1S/C19H18ClFN2O3/c1-3-19(13-4-6-14(20)7-5-13)17(24)23(18(25)22-19)11-12-10-15(21)8-9-16(12)26-2/h4-10H,3,11H2,1-2H3,(H,22,25). The minimum Gasteiger partial charge on any atom is -0.496 e. The van der Waals surface area contributed by atoms with Gasteiger partial charge < -0.3 is 10.1 Å². The first kappa shape index (κ1) is 18.2. The quantitative estimate of drug-likeness (QED) is 0.806. The second-order valence-electron chi connectivity index (χ2n) is 6.04. The topological polar surface area (TPSA) is 58.6 Å². The van der Waals surface area contributed by atoms with Crippen LogP contribution < -0.4 is 10.1 Å². The van der Waals surface area contributed by atoms with Crippen LogP contribution >= 0.6 is 11.6 Å². The largest absolute Gasteiger partial charge is 0.496 e. The van der Waals surface area contributed by atoms with Gasteiger partial charge in [-0.2, -0.15) is 0 Å². The van der Waals surface area contributed by atoms with E-state index >= 15 is 0 Å². The van der Waals surface area contributed by atoms with Gasteiger partial charge in [0, 0.05) is 10.6 Å². The second-order valence-corrected chi connectivity index (χ2v) is 6.48. The Morgan fingerprint density at radius 1 is 1.19 bits per heavy atom. The number of halogens is 2. The molecule has 2 aromatic rings. The molecule has 0 radical (unpaired) electrons. The summed E-state index contributed by atoms with van der Waals surface area (Å²) in [6.07, 6.45) is 0.371. The van der Waals surface area contributed by atoms with Crippen molar-refractivity contribution in [2.45, 2.75) is 25.4 Å². The number of rotatable bonds is 5. The van der Waals surface area contributed by atoms with Crippen molar-refractivity contribution in [2.75, 3.05) is 7.11 Å². The lowest BCUT2D eigenvalue weighted by atomic mass is 9.87. The maximum atomic E-state index is 13.6. The van der Waals surface area contributed by atoms with Crippen LogP contribution in [0.2, 0.25) is 5.02 Å². The lowest BCUT2D eigenvalue weighted by Crippen LogP contribution is -2.43. The molecule has 1 aliphatic heterocycles. The SMILES string of the molecule is CCC1(c2ccc(Cl)cc2)NC(=O)N(Cc2cc(F)ccc2OC)C1=O. The Bertz CT molecular complexity index is 856. The van der Waals surface area contributed by atoms with E-state index in [4.69, 9.17) is 16.3 Å². The van der Waals surface area contributed by atoms with Crippen molar-refractivity contribution < 1.29 is 18.7 Å². The molecule has 0 bridgehead atoms. The fourth-order valence-electron chi connectivity index (χ4n) is 3.18. The lowest BCUT2D eigenvalue weighted by Gasteiger charge is -2.26. The first-order valence-electron chi connectivity index (χ1n) is 8.14. The van der Waals surface area contributed by atoms with Crippen molar-refractivity contribution in [3.63, 3.8) is 0 Å². The van der Waals surface area contributed by atoms with Crippen LogP contribution in [0.1, 0.15) is 24.5 Å². The van der Waals surface area contributed by atoms with Gasteiger partial charge in [-0.25, -0.2) is 9.18 Å². The molecule has 0 spiro atoms. The highest BCUT2D eigenvalue weighted by molar-refractivity contribution is 6.30. The zero-order valence-corrected chi connectivity index (χ0v) is 15.1. The molecule has 1 unspecified atom stereocenters. The average molecular weight is 377 g/mol. The Morgan fingerprint density at radius 3 is 2.50 bits per heavy atom. The highest BCUT2D eigenvalue weighted by atomic mass is 35.5. The number of amides is 3. The zero-order chi connectivity index (χ0) is 18.9. The smallest absolute Gasteiger partial charge is 0.325 e. The fourth-order valence-corrected chi connectivity index (χ4v) is 3.31. The van der Waals surface area contributed by atoms with Crippen LogP contribution in [-0.4, -0.2) is 23.9 Å². The predicted octanol–water partition coefficient (Wildman–Crippen LogP) is 3.85. The van der Waals surface area contributed by atoms with E-state index in [1.807, 2.05) is 6.92 Å². The Morgan fingerprint density at radius 2 is 1.88 bits per heavy atom. The molecule has 2 aromatic carbocycles. The first-order valence-corrected chi connectivity index (χ1v) is 8.51. The van der Waals surface area contributed by atoms with Crippen molar-refractivity contribution >= 4 is 23.5 Å². The summed E-state index contributed by atoms with van der Waals surface area (Å²) in [5, 5.41) is 3.32. The van der Waals surface area contributed by atoms with Crippen LogP contribution in [0.15, 0.2) is 42.5 Å². The molecule has 136 valence electrons. The third-order valence-corrected chi connectivity index (χ3v) is 4.87. The number of hydrogen-bond donors (Lipinski definition) is 1. The zero-order valence-electron chi connectivity index (χ0n) is 14.4. The molecule has 1 N–H and O–H groups in total. The van der Waals surface area contributed by atoms with E-state index in [1.165, 1.54) is 25.3 Å². The maximum absolute atomic E-state index is 13.6. The van der Waals surface area contributed by atoms with E-state index in [1.54, 1.807) is 24.3 Å². The van der Waals surface area contributed by atoms with E-state index in [2.05, 4.69) is 5.32 Å². The van der Waals surface area contributed by atoms with E-state index in [0.717, 1.165) is 4.90 Å². The van der Waals surface area contributed by atoms with Crippen molar-refractivity contribution in [3.05, 3.63) is 64.4 Å². The lowest BCUT2D eigenvalue weighted by molar-refractivity contribution is -0.132. The number of nitrogens with zero attached hydrogens (tertiary/aromatic N) is 1. The van der Waals surface area contributed by atoms with E-state index in [0.29, 0.717) is 28.3 Å². The van der Waals surface area contributed by atoms with E-state index in [9.17, 15) is 14.0 Å². The van der Waals surface area contributed by atoms with Crippen molar-refractivity contribution in [2.24, 2.45) is 0 Å². The van der Waals surface area contributed by atoms with Gasteiger partial charge in [-0.05, 0) is 42.3 Å². The number of urea groups is 1. The van der Waals surface area contributed by atoms with Crippen LogP contribution in [0.4, 0.5) is 9.18 Å². The van der Waals surface area contributed by atoms with Gasteiger partial charge in [0.25, 0.3) is 5.91 Å². The van der Waals surface area contributed by atoms with Gasteiger partial charge in [-0.3, -0.25) is 9.69 Å². The van der Waals surface area contributed by atoms with E-state index < -0.39 is 23.3 Å². The van der Waals surface area contributed by atoms with Gasteiger partial charge in [-0.1, -0.05) is 30.7 Å². The number of imide groups is 1. The Labute approximate surface area is 155 Å². The number of ether oxygens (including phenoxy) is 1. The highest BCUT2D eigenvalue weighted by Crippen LogP contribution is 2.34. The molecule has 3 amide bonds. The average Bonchev–Trinajstić information content (AvgIpc) is 2.87. The summed E-state index contributed by atoms with van der Waals surface area (Å²) in [5.41, 5.74) is -0.0992. The number of carbonyl (C=O) groups is 2.